The van der Waals surface area contributed by atoms with Crippen molar-refractivity contribution in [1.29, 1.82) is 0 Å². The first-order chi connectivity index (χ1) is 12.2. The zero-order valence-corrected chi connectivity index (χ0v) is 15.3. The molecule has 0 unspecified atom stereocenters. The van der Waals surface area contributed by atoms with E-state index < -0.39 is 0 Å². The van der Waals surface area contributed by atoms with Crippen molar-refractivity contribution >= 4 is 5.71 Å². The first-order valence-corrected chi connectivity index (χ1v) is 8.62. The third-order valence-corrected chi connectivity index (χ3v) is 4.14. The molecule has 0 aliphatic heterocycles. The molecule has 0 spiro atoms. The molecule has 0 saturated carbocycles. The molecule has 0 fully saturated rings. The van der Waals surface area contributed by atoms with E-state index in [0.717, 1.165) is 23.5 Å². The Morgan fingerprint density at radius 2 is 1.56 bits per heavy atom. The monoisotopic (exact) mass is 333 g/mol. The fraction of sp³-hybridized carbons (Fsp3) is 0.227. The normalized spacial score (nSPS) is 12.2. The lowest BCUT2D eigenvalue weighted by Crippen LogP contribution is -2.24. The summed E-state index contributed by atoms with van der Waals surface area (Å²) in [6.07, 6.45) is 2.78. The quantitative estimate of drug-likeness (QED) is 0.680. The Morgan fingerprint density at radius 3 is 2.00 bits per heavy atom. The fourth-order valence-corrected chi connectivity index (χ4v) is 2.51. The SMILES string of the molecule is C=C(NC(c1ccccc1)c1ccccc1)C(C)=N/C=C(\CC)NC. The van der Waals surface area contributed by atoms with Gasteiger partial charge in [0.2, 0.25) is 0 Å². The number of aliphatic imine (C=N–C) groups is 1. The van der Waals surface area contributed by atoms with Crippen molar-refractivity contribution in [3.05, 3.63) is 96.0 Å². The number of hydrogen-bond donors (Lipinski definition) is 2. The number of rotatable bonds is 8. The second-order valence-corrected chi connectivity index (χ2v) is 5.85. The van der Waals surface area contributed by atoms with Gasteiger partial charge in [0.15, 0.2) is 0 Å². The van der Waals surface area contributed by atoms with Crippen LogP contribution in [0.5, 0.6) is 0 Å². The number of nitrogens with zero attached hydrogens (tertiary/aromatic N) is 1. The summed E-state index contributed by atoms with van der Waals surface area (Å²) < 4.78 is 0. The third-order valence-electron chi connectivity index (χ3n) is 4.14. The molecule has 2 rings (SSSR count). The minimum absolute atomic E-state index is 0.0407. The van der Waals surface area contributed by atoms with Crippen LogP contribution in [0.3, 0.4) is 0 Å². The zero-order valence-electron chi connectivity index (χ0n) is 15.3. The van der Waals surface area contributed by atoms with Gasteiger partial charge in [0.1, 0.15) is 0 Å². The molecule has 25 heavy (non-hydrogen) atoms. The van der Waals surface area contributed by atoms with E-state index in [1.807, 2.05) is 32.3 Å². The Hall–Kier alpha value is -2.81. The molecule has 3 nitrogen and oxygen atoms in total. The molecule has 0 radical (unpaired) electrons. The molecule has 0 bridgehead atoms. The van der Waals surface area contributed by atoms with Gasteiger partial charge < -0.3 is 10.6 Å². The summed E-state index contributed by atoms with van der Waals surface area (Å²) in [7, 11) is 1.91. The summed E-state index contributed by atoms with van der Waals surface area (Å²) in [6.45, 7) is 8.26. The van der Waals surface area contributed by atoms with Crippen LogP contribution in [0.2, 0.25) is 0 Å². The highest BCUT2D eigenvalue weighted by atomic mass is 15.0. The second kappa shape index (κ2) is 9.48. The van der Waals surface area contributed by atoms with Crippen molar-refractivity contribution in [2.24, 2.45) is 4.99 Å². The molecule has 0 amide bonds. The van der Waals surface area contributed by atoms with E-state index in [9.17, 15) is 0 Å². The Balaban J connectivity index is 2.24. The summed E-state index contributed by atoms with van der Waals surface area (Å²) in [4.78, 5) is 4.54. The molecule has 0 aromatic heterocycles. The van der Waals surface area contributed by atoms with E-state index >= 15 is 0 Å². The lowest BCUT2D eigenvalue weighted by molar-refractivity contribution is 0.713. The molecule has 0 heterocycles. The summed E-state index contributed by atoms with van der Waals surface area (Å²) in [6, 6.07) is 20.8. The molecule has 130 valence electrons. The van der Waals surface area contributed by atoms with Crippen LogP contribution in [0.25, 0.3) is 0 Å². The number of benzene rings is 2. The van der Waals surface area contributed by atoms with Crippen LogP contribution < -0.4 is 10.6 Å². The van der Waals surface area contributed by atoms with Crippen LogP contribution in [0.4, 0.5) is 0 Å². The standard InChI is InChI=1S/C22H27N3/c1-5-21(23-4)16-24-17(2)18(3)25-22(19-12-8-6-9-13-19)20-14-10-7-11-15-20/h6-16,22-23,25H,3,5H2,1-2,4H3/b21-16+,24-17?. The summed E-state index contributed by atoms with van der Waals surface area (Å²) in [5.41, 5.74) is 5.18. The van der Waals surface area contributed by atoms with E-state index in [0.29, 0.717) is 0 Å². The molecule has 2 aromatic carbocycles. The maximum Gasteiger partial charge on any atom is 0.0767 e. The van der Waals surface area contributed by atoms with E-state index in [-0.39, 0.29) is 6.04 Å². The van der Waals surface area contributed by atoms with Gasteiger partial charge in [-0.1, -0.05) is 74.2 Å². The van der Waals surface area contributed by atoms with Gasteiger partial charge in [0, 0.05) is 24.6 Å². The Labute approximate surface area is 151 Å². The van der Waals surface area contributed by atoms with Crippen LogP contribution >= 0.6 is 0 Å². The van der Waals surface area contributed by atoms with E-state index in [1.165, 1.54) is 11.1 Å². The van der Waals surface area contributed by atoms with Crippen LogP contribution in [0.15, 0.2) is 89.8 Å². The maximum absolute atomic E-state index is 4.54. The largest absolute Gasteiger partial charge is 0.390 e. The van der Waals surface area contributed by atoms with Gasteiger partial charge in [-0.15, -0.1) is 0 Å². The predicted octanol–water partition coefficient (Wildman–Crippen LogP) is 4.81. The van der Waals surface area contributed by atoms with Crippen molar-refractivity contribution in [3.63, 3.8) is 0 Å². The summed E-state index contributed by atoms with van der Waals surface area (Å²) >= 11 is 0. The van der Waals surface area contributed by atoms with Crippen molar-refractivity contribution in [1.82, 2.24) is 10.6 Å². The van der Waals surface area contributed by atoms with Crippen LogP contribution in [0, 0.1) is 0 Å². The van der Waals surface area contributed by atoms with Crippen LogP contribution in [-0.4, -0.2) is 12.8 Å². The molecule has 0 aliphatic rings. The van der Waals surface area contributed by atoms with Gasteiger partial charge in [-0.05, 0) is 24.5 Å². The highest BCUT2D eigenvalue weighted by Gasteiger charge is 2.14. The van der Waals surface area contributed by atoms with Crippen molar-refractivity contribution in [2.75, 3.05) is 7.05 Å². The topological polar surface area (TPSA) is 36.4 Å². The highest BCUT2D eigenvalue weighted by molar-refractivity contribution is 5.97. The average molecular weight is 333 g/mol. The van der Waals surface area contributed by atoms with Gasteiger partial charge in [-0.25, -0.2) is 0 Å². The fourth-order valence-electron chi connectivity index (χ4n) is 2.51. The Morgan fingerprint density at radius 1 is 1.04 bits per heavy atom. The second-order valence-electron chi connectivity index (χ2n) is 5.85. The predicted molar refractivity (Wildman–Crippen MR) is 108 cm³/mol. The molecule has 0 atom stereocenters. The number of nitrogens with one attached hydrogen (secondary N) is 2. The zero-order chi connectivity index (χ0) is 18.1. The van der Waals surface area contributed by atoms with E-state index in [4.69, 9.17) is 0 Å². The summed E-state index contributed by atoms with van der Waals surface area (Å²) in [5, 5.41) is 6.68. The lowest BCUT2D eigenvalue weighted by atomic mass is 9.98. The Kier molecular flexibility index (Phi) is 7.02. The third kappa shape index (κ3) is 5.35. The van der Waals surface area contributed by atoms with Gasteiger partial charge in [0.05, 0.1) is 11.8 Å². The van der Waals surface area contributed by atoms with Crippen molar-refractivity contribution in [2.45, 2.75) is 26.3 Å². The number of hydrogen-bond acceptors (Lipinski definition) is 3. The molecule has 2 aromatic rings. The smallest absolute Gasteiger partial charge is 0.0767 e. The first-order valence-electron chi connectivity index (χ1n) is 8.62. The van der Waals surface area contributed by atoms with Gasteiger partial charge >= 0.3 is 0 Å². The maximum atomic E-state index is 4.54. The van der Waals surface area contributed by atoms with E-state index in [1.54, 1.807) is 0 Å². The minimum Gasteiger partial charge on any atom is -0.390 e. The average Bonchev–Trinajstić information content (AvgIpc) is 2.67. The Bertz CT molecular complexity index is 685. The molecular weight excluding hydrogens is 306 g/mol. The van der Waals surface area contributed by atoms with Gasteiger partial charge in [-0.3, -0.25) is 4.99 Å². The van der Waals surface area contributed by atoms with E-state index in [2.05, 4.69) is 77.7 Å². The summed E-state index contributed by atoms with van der Waals surface area (Å²) in [5.74, 6) is 0. The van der Waals surface area contributed by atoms with Crippen LogP contribution in [0.1, 0.15) is 37.4 Å². The molecule has 3 heteroatoms. The molecule has 0 saturated heterocycles. The molecular formula is C22H27N3. The molecule has 2 N–H and O–H groups in total. The minimum atomic E-state index is 0.0407. The van der Waals surface area contributed by atoms with Crippen LogP contribution in [-0.2, 0) is 0 Å². The first kappa shape index (κ1) is 18.5. The highest BCUT2D eigenvalue weighted by Crippen LogP contribution is 2.23. The lowest BCUT2D eigenvalue weighted by Gasteiger charge is -2.22. The van der Waals surface area contributed by atoms with Crippen molar-refractivity contribution < 1.29 is 0 Å². The number of allylic oxidation sites excluding steroid dienone is 2. The molecule has 0 aliphatic carbocycles. The van der Waals surface area contributed by atoms with Gasteiger partial charge in [-0.2, -0.15) is 0 Å². The van der Waals surface area contributed by atoms with Crippen molar-refractivity contribution in [3.8, 4) is 0 Å². The van der Waals surface area contributed by atoms with Gasteiger partial charge in [0.25, 0.3) is 0 Å².